The molecule has 0 aliphatic rings. The molecule has 0 aromatic heterocycles. The zero-order valence-electron chi connectivity index (χ0n) is 22.0. The molecule has 1 aromatic carbocycles. The van der Waals surface area contributed by atoms with E-state index in [0.29, 0.717) is 17.5 Å². The first-order chi connectivity index (χ1) is 15.8. The number of ether oxygens (including phenoxy) is 1. The van der Waals surface area contributed by atoms with E-state index >= 15 is 0 Å². The lowest BCUT2D eigenvalue weighted by molar-refractivity contribution is -0.147. The standard InChI is InChI=1S/C27H41N3O4/c1-10-15-19(4)29-24(32)23(21-17-14-13-16-20(21)11-2)30(27(8,9)12-3)22(31)18-28-25(33)34-26(5,6)7/h2,13-14,16-17,19,23H,10,12,15,18H2,1,3-9H3,(H,28,33)(H,29,32). The number of carbonyl (C=O) groups is 3. The summed E-state index contributed by atoms with van der Waals surface area (Å²) in [5.74, 6) is 1.92. The number of nitrogens with zero attached hydrogens (tertiary/aromatic N) is 1. The third kappa shape index (κ3) is 8.40. The molecule has 2 atom stereocenters. The minimum atomic E-state index is -0.963. The molecule has 1 rings (SSSR count). The van der Waals surface area contributed by atoms with Gasteiger partial charge < -0.3 is 20.3 Å². The second-order valence-electron chi connectivity index (χ2n) is 10.1. The third-order valence-corrected chi connectivity index (χ3v) is 5.60. The number of amides is 3. The van der Waals surface area contributed by atoms with Crippen molar-refractivity contribution in [1.29, 1.82) is 0 Å². The van der Waals surface area contributed by atoms with E-state index in [0.717, 1.165) is 12.8 Å². The van der Waals surface area contributed by atoms with Crippen molar-refractivity contribution < 1.29 is 19.1 Å². The van der Waals surface area contributed by atoms with Gasteiger partial charge in [-0.1, -0.05) is 44.4 Å². The van der Waals surface area contributed by atoms with Crippen molar-refractivity contribution in [3.05, 3.63) is 35.4 Å². The highest BCUT2D eigenvalue weighted by molar-refractivity contribution is 5.91. The van der Waals surface area contributed by atoms with E-state index in [1.54, 1.807) is 45.0 Å². The number of terminal acetylenes is 1. The quantitative estimate of drug-likeness (QED) is 0.490. The first-order valence-electron chi connectivity index (χ1n) is 11.9. The topological polar surface area (TPSA) is 87.7 Å². The Kier molecular flexibility index (Phi) is 10.6. The van der Waals surface area contributed by atoms with Crippen LogP contribution in [-0.4, -0.2) is 46.5 Å². The van der Waals surface area contributed by atoms with Crippen molar-refractivity contribution in [3.8, 4) is 12.3 Å². The Morgan fingerprint density at radius 1 is 1.12 bits per heavy atom. The molecule has 1 aromatic rings. The maximum atomic E-state index is 13.6. The van der Waals surface area contributed by atoms with Gasteiger partial charge in [-0.2, -0.15) is 0 Å². The molecule has 0 fully saturated rings. The molecule has 3 amide bonds. The lowest BCUT2D eigenvalue weighted by atomic mass is 9.91. The summed E-state index contributed by atoms with van der Waals surface area (Å²) in [4.78, 5) is 40.9. The maximum absolute atomic E-state index is 13.6. The molecule has 0 aliphatic heterocycles. The molecule has 0 heterocycles. The predicted octanol–water partition coefficient (Wildman–Crippen LogP) is 4.56. The average molecular weight is 472 g/mol. The summed E-state index contributed by atoms with van der Waals surface area (Å²) in [6, 6.07) is 6.10. The van der Waals surface area contributed by atoms with Gasteiger partial charge in [0.05, 0.1) is 0 Å². The molecular formula is C27H41N3O4. The number of benzene rings is 1. The number of alkyl carbamates (subject to hydrolysis) is 1. The molecule has 7 heteroatoms. The number of rotatable bonds is 10. The van der Waals surface area contributed by atoms with Crippen LogP contribution in [-0.2, 0) is 14.3 Å². The monoisotopic (exact) mass is 471 g/mol. The Balaban J connectivity index is 3.46. The molecule has 0 saturated heterocycles. The fourth-order valence-electron chi connectivity index (χ4n) is 3.64. The lowest BCUT2D eigenvalue weighted by Gasteiger charge is -2.43. The molecular weight excluding hydrogens is 430 g/mol. The maximum Gasteiger partial charge on any atom is 0.408 e. The van der Waals surface area contributed by atoms with Crippen LogP contribution in [0.5, 0.6) is 0 Å². The number of hydrogen-bond donors (Lipinski definition) is 2. The molecule has 0 bridgehead atoms. The Morgan fingerprint density at radius 3 is 2.26 bits per heavy atom. The van der Waals surface area contributed by atoms with Crippen molar-refractivity contribution >= 4 is 17.9 Å². The van der Waals surface area contributed by atoms with Crippen molar-refractivity contribution in [3.63, 3.8) is 0 Å². The summed E-state index contributed by atoms with van der Waals surface area (Å²) in [6.07, 6.45) is 7.36. The fourth-order valence-corrected chi connectivity index (χ4v) is 3.64. The summed E-state index contributed by atoms with van der Waals surface area (Å²) >= 11 is 0. The lowest BCUT2D eigenvalue weighted by Crippen LogP contribution is -2.56. The van der Waals surface area contributed by atoms with Crippen LogP contribution in [0.15, 0.2) is 24.3 Å². The zero-order chi connectivity index (χ0) is 26.1. The molecule has 7 nitrogen and oxygen atoms in total. The SMILES string of the molecule is C#Cc1ccccc1C(C(=O)NC(C)CCC)N(C(=O)CNC(=O)OC(C)(C)C)C(C)(C)CC. The van der Waals surface area contributed by atoms with Gasteiger partial charge in [0.15, 0.2) is 0 Å². The summed E-state index contributed by atoms with van der Waals surface area (Å²) in [7, 11) is 0. The molecule has 34 heavy (non-hydrogen) atoms. The van der Waals surface area contributed by atoms with Crippen LogP contribution in [0.1, 0.15) is 91.8 Å². The first-order valence-corrected chi connectivity index (χ1v) is 11.9. The molecule has 0 aliphatic carbocycles. The fraction of sp³-hybridized carbons (Fsp3) is 0.593. The van der Waals surface area contributed by atoms with Gasteiger partial charge in [-0.05, 0) is 66.0 Å². The van der Waals surface area contributed by atoms with E-state index in [1.807, 2.05) is 34.6 Å². The van der Waals surface area contributed by atoms with Crippen LogP contribution in [0.25, 0.3) is 0 Å². The first kappa shape index (κ1) is 29.0. The van der Waals surface area contributed by atoms with E-state index in [4.69, 9.17) is 11.2 Å². The van der Waals surface area contributed by atoms with Gasteiger partial charge in [-0.3, -0.25) is 9.59 Å². The van der Waals surface area contributed by atoms with Crippen LogP contribution >= 0.6 is 0 Å². The van der Waals surface area contributed by atoms with E-state index < -0.39 is 29.2 Å². The minimum Gasteiger partial charge on any atom is -0.444 e. The summed E-state index contributed by atoms with van der Waals surface area (Å²) in [6.45, 7) is 14.6. The molecule has 0 spiro atoms. The molecule has 188 valence electrons. The van der Waals surface area contributed by atoms with Gasteiger partial charge in [0.2, 0.25) is 11.8 Å². The van der Waals surface area contributed by atoms with Crippen LogP contribution < -0.4 is 10.6 Å². The van der Waals surface area contributed by atoms with Gasteiger partial charge >= 0.3 is 6.09 Å². The van der Waals surface area contributed by atoms with Gasteiger partial charge in [-0.25, -0.2) is 4.79 Å². The van der Waals surface area contributed by atoms with Crippen molar-refractivity contribution in [2.75, 3.05) is 6.54 Å². The third-order valence-electron chi connectivity index (χ3n) is 5.60. The second kappa shape index (κ2) is 12.5. The Hall–Kier alpha value is -3.01. The van der Waals surface area contributed by atoms with E-state index in [2.05, 4.69) is 16.6 Å². The predicted molar refractivity (Wildman–Crippen MR) is 135 cm³/mol. The van der Waals surface area contributed by atoms with Crippen LogP contribution in [0.2, 0.25) is 0 Å². The van der Waals surface area contributed by atoms with E-state index in [-0.39, 0.29) is 18.5 Å². The Bertz CT molecular complexity index is 896. The van der Waals surface area contributed by atoms with Crippen molar-refractivity contribution in [1.82, 2.24) is 15.5 Å². The number of nitrogens with one attached hydrogen (secondary N) is 2. The van der Waals surface area contributed by atoms with Crippen LogP contribution in [0, 0.1) is 12.3 Å². The average Bonchev–Trinajstić information content (AvgIpc) is 2.74. The van der Waals surface area contributed by atoms with Gasteiger partial charge in [0.25, 0.3) is 0 Å². The van der Waals surface area contributed by atoms with Gasteiger partial charge in [-0.15, -0.1) is 6.42 Å². The molecule has 0 saturated carbocycles. The zero-order valence-corrected chi connectivity index (χ0v) is 22.0. The minimum absolute atomic E-state index is 0.0698. The van der Waals surface area contributed by atoms with E-state index in [1.165, 1.54) is 4.90 Å². The second-order valence-corrected chi connectivity index (χ2v) is 10.1. The Labute approximate surface area is 205 Å². The number of carbonyl (C=O) groups excluding carboxylic acids is 3. The summed E-state index contributed by atoms with van der Waals surface area (Å²) in [5.41, 5.74) is -0.294. The van der Waals surface area contributed by atoms with Crippen molar-refractivity contribution in [2.24, 2.45) is 0 Å². The molecule has 2 N–H and O–H groups in total. The highest BCUT2D eigenvalue weighted by atomic mass is 16.6. The normalized spacial score (nSPS) is 13.3. The summed E-state index contributed by atoms with van der Waals surface area (Å²) in [5, 5.41) is 5.57. The number of hydrogen-bond acceptors (Lipinski definition) is 4. The largest absolute Gasteiger partial charge is 0.444 e. The highest BCUT2D eigenvalue weighted by Gasteiger charge is 2.41. The summed E-state index contributed by atoms with van der Waals surface area (Å²) < 4.78 is 5.26. The van der Waals surface area contributed by atoms with Gasteiger partial charge in [0.1, 0.15) is 18.2 Å². The highest BCUT2D eigenvalue weighted by Crippen LogP contribution is 2.33. The molecule has 0 radical (unpaired) electrons. The van der Waals surface area contributed by atoms with Crippen LogP contribution in [0.4, 0.5) is 4.79 Å². The van der Waals surface area contributed by atoms with E-state index in [9.17, 15) is 14.4 Å². The molecule has 2 unspecified atom stereocenters. The Morgan fingerprint density at radius 2 is 1.74 bits per heavy atom. The smallest absolute Gasteiger partial charge is 0.408 e. The van der Waals surface area contributed by atoms with Gasteiger partial charge in [0, 0.05) is 17.1 Å². The van der Waals surface area contributed by atoms with Crippen molar-refractivity contribution in [2.45, 2.75) is 97.9 Å². The van der Waals surface area contributed by atoms with Crippen LogP contribution in [0.3, 0.4) is 0 Å².